The van der Waals surface area contributed by atoms with E-state index in [1.165, 1.54) is 54.6 Å². The lowest BCUT2D eigenvalue weighted by atomic mass is 9.87. The standard InChI is InChI=1S/C30H12O9/c31-13-7-1-4-10-16(13)28(37)22-19(25(10)34)23-21(27(36)11-5-2-8-14(32)17(11)29(23)38)24-20(22)26(35)12-6-3-9-15(33)18(12)30(24)39/h1-9,31-33H. The van der Waals surface area contributed by atoms with Crippen molar-refractivity contribution in [3.8, 4) is 17.2 Å². The topological polar surface area (TPSA) is 163 Å². The predicted octanol–water partition coefficient (Wildman–Crippen LogP) is 2.20. The molecule has 0 saturated carbocycles. The lowest BCUT2D eigenvalue weighted by Gasteiger charge is -2.12. The van der Waals surface area contributed by atoms with Crippen LogP contribution in [0, 0.1) is 0 Å². The molecule has 7 aromatic carbocycles. The molecule has 0 saturated heterocycles. The van der Waals surface area contributed by atoms with Gasteiger partial charge in [-0.3, -0.25) is 28.8 Å². The van der Waals surface area contributed by atoms with Crippen molar-refractivity contribution >= 4 is 64.6 Å². The van der Waals surface area contributed by atoms with Crippen LogP contribution < -0.4 is 32.6 Å². The summed E-state index contributed by atoms with van der Waals surface area (Å²) in [6.45, 7) is 0. The SMILES string of the molecule is O=c1c2cccc(O)c2c(=O)c2c1c1c(=O)c3c(O)cccc3c(=O)c1c1c(=O)c3c(O)cccc3c(=O)c21. The molecule has 0 aliphatic carbocycles. The van der Waals surface area contributed by atoms with Gasteiger partial charge in [-0.2, -0.15) is 0 Å². The minimum Gasteiger partial charge on any atom is -0.507 e. The van der Waals surface area contributed by atoms with Gasteiger partial charge in [0.05, 0.1) is 16.2 Å². The largest absolute Gasteiger partial charge is 0.507 e. The molecule has 7 aromatic rings. The molecule has 0 radical (unpaired) electrons. The van der Waals surface area contributed by atoms with Crippen molar-refractivity contribution in [2.45, 2.75) is 0 Å². The fourth-order valence-corrected chi connectivity index (χ4v) is 5.80. The van der Waals surface area contributed by atoms with Crippen LogP contribution in [0.15, 0.2) is 83.4 Å². The Bertz CT molecular complexity index is 2330. The van der Waals surface area contributed by atoms with Gasteiger partial charge < -0.3 is 15.3 Å². The minimum atomic E-state index is -0.996. The van der Waals surface area contributed by atoms with Gasteiger partial charge in [0.1, 0.15) is 17.2 Å². The smallest absolute Gasteiger partial charge is 0.199 e. The number of phenolic OH excluding ortho intramolecular Hbond substituents is 3. The van der Waals surface area contributed by atoms with E-state index in [9.17, 15) is 44.1 Å². The zero-order chi connectivity index (χ0) is 27.5. The molecule has 9 nitrogen and oxygen atoms in total. The Kier molecular flexibility index (Phi) is 4.15. The first-order valence-corrected chi connectivity index (χ1v) is 11.6. The molecule has 9 heteroatoms. The Morgan fingerprint density at radius 1 is 0.308 bits per heavy atom. The second-order valence-corrected chi connectivity index (χ2v) is 9.32. The van der Waals surface area contributed by atoms with Crippen LogP contribution in [0.4, 0.5) is 0 Å². The first-order valence-electron chi connectivity index (χ1n) is 11.6. The second-order valence-electron chi connectivity index (χ2n) is 9.32. The third-order valence-corrected chi connectivity index (χ3v) is 7.40. The molecule has 0 bridgehead atoms. The fraction of sp³-hybridized carbons (Fsp3) is 0. The van der Waals surface area contributed by atoms with E-state index in [1.54, 1.807) is 0 Å². The Hall–Kier alpha value is -5.70. The van der Waals surface area contributed by atoms with E-state index in [-0.39, 0.29) is 16.2 Å². The molecular weight excluding hydrogens is 504 g/mol. The van der Waals surface area contributed by atoms with Gasteiger partial charge in [-0.25, -0.2) is 0 Å². The maximum atomic E-state index is 13.9. The van der Waals surface area contributed by atoms with Gasteiger partial charge in [0, 0.05) is 48.5 Å². The molecule has 0 amide bonds. The van der Waals surface area contributed by atoms with E-state index in [0.717, 1.165) is 0 Å². The van der Waals surface area contributed by atoms with E-state index in [1.807, 2.05) is 0 Å². The predicted molar refractivity (Wildman–Crippen MR) is 148 cm³/mol. The highest BCUT2D eigenvalue weighted by Gasteiger charge is 2.28. The quantitative estimate of drug-likeness (QED) is 0.203. The third-order valence-electron chi connectivity index (χ3n) is 7.40. The first-order chi connectivity index (χ1) is 18.6. The molecular formula is C30H12O9. The minimum absolute atomic E-state index is 0.259. The lowest BCUT2D eigenvalue weighted by Crippen LogP contribution is -2.24. The van der Waals surface area contributed by atoms with Gasteiger partial charge in [0.15, 0.2) is 32.6 Å². The fourth-order valence-electron chi connectivity index (χ4n) is 5.80. The lowest BCUT2D eigenvalue weighted by molar-refractivity contribution is 0.481. The van der Waals surface area contributed by atoms with E-state index >= 15 is 0 Å². The summed E-state index contributed by atoms with van der Waals surface area (Å²) in [5.41, 5.74) is -5.75. The monoisotopic (exact) mass is 516 g/mol. The molecule has 0 heterocycles. The molecule has 0 aliphatic rings. The van der Waals surface area contributed by atoms with Crippen LogP contribution in [-0.2, 0) is 0 Å². The van der Waals surface area contributed by atoms with Crippen molar-refractivity contribution in [1.82, 2.24) is 0 Å². The summed E-state index contributed by atoms with van der Waals surface area (Å²) in [6.07, 6.45) is 0. The van der Waals surface area contributed by atoms with Crippen molar-refractivity contribution in [2.24, 2.45) is 0 Å². The molecule has 0 spiro atoms. The highest BCUT2D eigenvalue weighted by molar-refractivity contribution is 6.30. The van der Waals surface area contributed by atoms with Gasteiger partial charge in [0.2, 0.25) is 0 Å². The molecule has 186 valence electrons. The van der Waals surface area contributed by atoms with Gasteiger partial charge in [0.25, 0.3) is 0 Å². The molecule has 39 heavy (non-hydrogen) atoms. The van der Waals surface area contributed by atoms with E-state index in [4.69, 9.17) is 0 Å². The van der Waals surface area contributed by atoms with Crippen molar-refractivity contribution in [3.63, 3.8) is 0 Å². The highest BCUT2D eigenvalue weighted by atomic mass is 16.3. The zero-order valence-electron chi connectivity index (χ0n) is 19.5. The Morgan fingerprint density at radius 2 is 0.538 bits per heavy atom. The Morgan fingerprint density at radius 3 is 0.795 bits per heavy atom. The molecule has 3 N–H and O–H groups in total. The average Bonchev–Trinajstić information content (AvgIpc) is 2.91. The van der Waals surface area contributed by atoms with E-state index in [2.05, 4.69) is 0 Å². The molecule has 0 aromatic heterocycles. The zero-order valence-corrected chi connectivity index (χ0v) is 19.5. The van der Waals surface area contributed by atoms with E-state index in [0.29, 0.717) is 0 Å². The van der Waals surface area contributed by atoms with Crippen molar-refractivity contribution in [3.05, 3.63) is 116 Å². The maximum Gasteiger partial charge on any atom is 0.199 e. The van der Waals surface area contributed by atoms with E-state index < -0.39 is 98.3 Å². The molecule has 0 fully saturated rings. The van der Waals surface area contributed by atoms with Gasteiger partial charge in [-0.05, 0) is 18.2 Å². The number of benzene rings is 7. The average molecular weight is 516 g/mol. The summed E-state index contributed by atoms with van der Waals surface area (Å²) in [6, 6.07) is 11.2. The number of aromatic hydroxyl groups is 3. The molecule has 0 atom stereocenters. The van der Waals surface area contributed by atoms with Gasteiger partial charge >= 0.3 is 0 Å². The third kappa shape index (κ3) is 2.53. The van der Waals surface area contributed by atoms with Crippen molar-refractivity contribution in [1.29, 1.82) is 0 Å². The Labute approximate surface area is 213 Å². The molecule has 0 aliphatic heterocycles. The number of phenols is 3. The summed E-state index contributed by atoms with van der Waals surface area (Å²) in [4.78, 5) is 83.3. The van der Waals surface area contributed by atoms with Crippen LogP contribution in [-0.4, -0.2) is 15.3 Å². The van der Waals surface area contributed by atoms with Crippen LogP contribution in [0.1, 0.15) is 0 Å². The molecule has 7 rings (SSSR count). The van der Waals surface area contributed by atoms with Crippen molar-refractivity contribution in [2.75, 3.05) is 0 Å². The number of rotatable bonds is 0. The molecule has 0 unspecified atom stereocenters. The summed E-state index contributed by atoms with van der Waals surface area (Å²) >= 11 is 0. The highest BCUT2D eigenvalue weighted by Crippen LogP contribution is 2.33. The number of hydrogen-bond acceptors (Lipinski definition) is 9. The summed E-state index contributed by atoms with van der Waals surface area (Å²) in [7, 11) is 0. The summed E-state index contributed by atoms with van der Waals surface area (Å²) in [5.74, 6) is -1.66. The van der Waals surface area contributed by atoms with Crippen LogP contribution in [0.25, 0.3) is 64.6 Å². The Balaban J connectivity index is 2.08. The van der Waals surface area contributed by atoms with Crippen LogP contribution in [0.5, 0.6) is 17.2 Å². The number of fused-ring (bicyclic) bond motifs is 9. The second kappa shape index (κ2) is 7.20. The van der Waals surface area contributed by atoms with Gasteiger partial charge in [-0.1, -0.05) is 36.4 Å². The van der Waals surface area contributed by atoms with Crippen LogP contribution in [0.3, 0.4) is 0 Å². The number of hydrogen-bond donors (Lipinski definition) is 3. The maximum absolute atomic E-state index is 13.9. The first kappa shape index (κ1) is 22.5. The van der Waals surface area contributed by atoms with Crippen molar-refractivity contribution < 1.29 is 15.3 Å². The van der Waals surface area contributed by atoms with Gasteiger partial charge in [-0.15, -0.1) is 0 Å². The summed E-state index contributed by atoms with van der Waals surface area (Å²) < 4.78 is 0. The normalized spacial score (nSPS) is 12.0. The van der Waals surface area contributed by atoms with Crippen LogP contribution >= 0.6 is 0 Å². The van der Waals surface area contributed by atoms with Crippen LogP contribution in [0.2, 0.25) is 0 Å². The summed E-state index contributed by atoms with van der Waals surface area (Å²) in [5, 5.41) is 25.9.